The van der Waals surface area contributed by atoms with E-state index >= 15 is 0 Å². The van der Waals surface area contributed by atoms with Crippen molar-refractivity contribution in [2.75, 3.05) is 40.0 Å². The van der Waals surface area contributed by atoms with Gasteiger partial charge in [0, 0.05) is 19.6 Å². The average molecular weight is 269 g/mol. The van der Waals surface area contributed by atoms with Crippen molar-refractivity contribution in [1.82, 2.24) is 4.90 Å². The first-order valence-corrected chi connectivity index (χ1v) is 6.47. The normalized spacial score (nSPS) is 12.7. The Hall–Kier alpha value is -1.14. The number of hydrogen-bond donors (Lipinski definition) is 3. The summed E-state index contributed by atoms with van der Waals surface area (Å²) in [5.74, 6) is 0.762. The lowest BCUT2D eigenvalue weighted by atomic mass is 10.1. The fourth-order valence-electron chi connectivity index (χ4n) is 1.92. The van der Waals surface area contributed by atoms with E-state index in [0.29, 0.717) is 26.1 Å². The summed E-state index contributed by atoms with van der Waals surface area (Å²) in [6.45, 7) is 1.76. The van der Waals surface area contributed by atoms with Crippen molar-refractivity contribution in [2.45, 2.75) is 12.5 Å². The van der Waals surface area contributed by atoms with E-state index in [0.717, 1.165) is 11.3 Å². The van der Waals surface area contributed by atoms with Gasteiger partial charge in [0.1, 0.15) is 5.75 Å². The molecule has 0 aliphatic carbocycles. The van der Waals surface area contributed by atoms with Crippen LogP contribution in [-0.4, -0.2) is 60.2 Å². The maximum atomic E-state index is 10.1. The van der Waals surface area contributed by atoms with E-state index < -0.39 is 6.10 Å². The van der Waals surface area contributed by atoms with E-state index in [-0.39, 0.29) is 13.2 Å². The van der Waals surface area contributed by atoms with E-state index in [1.807, 2.05) is 29.2 Å². The van der Waals surface area contributed by atoms with Crippen LogP contribution in [-0.2, 0) is 0 Å². The van der Waals surface area contributed by atoms with Crippen LogP contribution >= 0.6 is 0 Å². The Morgan fingerprint density at radius 3 is 2.11 bits per heavy atom. The van der Waals surface area contributed by atoms with E-state index in [1.54, 1.807) is 7.11 Å². The standard InChI is InChI=1S/C14H23NO4/c1-19-13-4-2-12(3-5-13)14(18)6-7-15(8-10-16)9-11-17/h2-5,14,16-18H,6-11H2,1H3. The zero-order valence-corrected chi connectivity index (χ0v) is 11.3. The molecule has 5 heteroatoms. The number of nitrogens with zero attached hydrogens (tertiary/aromatic N) is 1. The Morgan fingerprint density at radius 2 is 1.63 bits per heavy atom. The van der Waals surface area contributed by atoms with Crippen molar-refractivity contribution < 1.29 is 20.1 Å². The molecular formula is C14H23NO4. The van der Waals surface area contributed by atoms with Gasteiger partial charge in [0.15, 0.2) is 0 Å². The molecule has 108 valence electrons. The molecule has 1 atom stereocenters. The van der Waals surface area contributed by atoms with E-state index in [2.05, 4.69) is 0 Å². The number of methoxy groups -OCH3 is 1. The van der Waals surface area contributed by atoms with Gasteiger partial charge >= 0.3 is 0 Å². The second-order valence-corrected chi connectivity index (χ2v) is 4.37. The van der Waals surface area contributed by atoms with E-state index in [9.17, 15) is 5.11 Å². The summed E-state index contributed by atoms with van der Waals surface area (Å²) in [5, 5.41) is 27.9. The summed E-state index contributed by atoms with van der Waals surface area (Å²) >= 11 is 0. The molecule has 0 aromatic heterocycles. The SMILES string of the molecule is COc1ccc(C(O)CCN(CCO)CCO)cc1. The fraction of sp³-hybridized carbons (Fsp3) is 0.571. The molecule has 0 fully saturated rings. The van der Waals surface area contributed by atoms with Gasteiger partial charge in [0.05, 0.1) is 26.4 Å². The van der Waals surface area contributed by atoms with Crippen LogP contribution in [0.15, 0.2) is 24.3 Å². The Bertz CT molecular complexity index is 336. The summed E-state index contributed by atoms with van der Waals surface area (Å²) in [4.78, 5) is 1.92. The Labute approximate surface area is 114 Å². The highest BCUT2D eigenvalue weighted by Crippen LogP contribution is 2.20. The Morgan fingerprint density at radius 1 is 1.05 bits per heavy atom. The molecule has 1 aromatic rings. The molecule has 1 unspecified atom stereocenters. The first-order valence-electron chi connectivity index (χ1n) is 6.47. The lowest BCUT2D eigenvalue weighted by Gasteiger charge is -2.21. The molecule has 0 amide bonds. The summed E-state index contributed by atoms with van der Waals surface area (Å²) in [5.41, 5.74) is 0.841. The van der Waals surface area contributed by atoms with Crippen molar-refractivity contribution in [3.05, 3.63) is 29.8 Å². The first kappa shape index (κ1) is 15.9. The van der Waals surface area contributed by atoms with Gasteiger partial charge in [0.25, 0.3) is 0 Å². The van der Waals surface area contributed by atoms with Crippen LogP contribution in [0.25, 0.3) is 0 Å². The molecule has 0 spiro atoms. The molecule has 0 heterocycles. The zero-order valence-electron chi connectivity index (χ0n) is 11.3. The van der Waals surface area contributed by atoms with Gasteiger partial charge < -0.3 is 20.1 Å². The van der Waals surface area contributed by atoms with Crippen molar-refractivity contribution in [3.63, 3.8) is 0 Å². The summed E-state index contributed by atoms with van der Waals surface area (Å²) in [6.07, 6.45) is 0.0116. The number of ether oxygens (including phenoxy) is 1. The number of rotatable bonds is 9. The second kappa shape index (κ2) is 8.87. The average Bonchev–Trinajstić information content (AvgIpc) is 2.45. The maximum absolute atomic E-state index is 10.1. The van der Waals surface area contributed by atoms with Crippen LogP contribution in [0.3, 0.4) is 0 Å². The zero-order chi connectivity index (χ0) is 14.1. The molecule has 0 saturated heterocycles. The number of aliphatic hydroxyl groups excluding tert-OH is 3. The van der Waals surface area contributed by atoms with Gasteiger partial charge in [-0.05, 0) is 24.1 Å². The molecule has 19 heavy (non-hydrogen) atoms. The van der Waals surface area contributed by atoms with Gasteiger partial charge in [-0.1, -0.05) is 12.1 Å². The van der Waals surface area contributed by atoms with Gasteiger partial charge in [-0.3, -0.25) is 4.90 Å². The van der Waals surface area contributed by atoms with E-state index in [1.165, 1.54) is 0 Å². The third-order valence-corrected chi connectivity index (χ3v) is 3.05. The molecule has 0 radical (unpaired) electrons. The lowest BCUT2D eigenvalue weighted by molar-refractivity contribution is 0.118. The fourth-order valence-corrected chi connectivity index (χ4v) is 1.92. The molecule has 0 aliphatic rings. The quantitative estimate of drug-likeness (QED) is 0.605. The van der Waals surface area contributed by atoms with Crippen LogP contribution < -0.4 is 4.74 Å². The molecule has 1 rings (SSSR count). The number of benzene rings is 1. The van der Waals surface area contributed by atoms with Crippen molar-refractivity contribution in [2.24, 2.45) is 0 Å². The summed E-state index contributed by atoms with van der Waals surface area (Å²) in [6, 6.07) is 7.31. The van der Waals surface area contributed by atoms with Gasteiger partial charge in [-0.15, -0.1) is 0 Å². The minimum atomic E-state index is -0.550. The third kappa shape index (κ3) is 5.57. The summed E-state index contributed by atoms with van der Waals surface area (Å²) in [7, 11) is 1.60. The number of hydrogen-bond acceptors (Lipinski definition) is 5. The largest absolute Gasteiger partial charge is 0.497 e. The van der Waals surface area contributed by atoms with Crippen LogP contribution in [0.5, 0.6) is 5.75 Å². The van der Waals surface area contributed by atoms with Gasteiger partial charge in [-0.25, -0.2) is 0 Å². The van der Waals surface area contributed by atoms with Gasteiger partial charge in [-0.2, -0.15) is 0 Å². The van der Waals surface area contributed by atoms with Crippen LogP contribution in [0.2, 0.25) is 0 Å². The lowest BCUT2D eigenvalue weighted by Crippen LogP contribution is -2.31. The van der Waals surface area contributed by atoms with Crippen LogP contribution in [0.4, 0.5) is 0 Å². The first-order chi connectivity index (χ1) is 9.21. The predicted molar refractivity (Wildman–Crippen MR) is 73.2 cm³/mol. The molecule has 1 aromatic carbocycles. The molecule has 0 bridgehead atoms. The van der Waals surface area contributed by atoms with E-state index in [4.69, 9.17) is 14.9 Å². The van der Waals surface area contributed by atoms with Crippen LogP contribution in [0.1, 0.15) is 18.1 Å². The van der Waals surface area contributed by atoms with Crippen molar-refractivity contribution >= 4 is 0 Å². The van der Waals surface area contributed by atoms with Crippen LogP contribution in [0, 0.1) is 0 Å². The molecule has 0 aliphatic heterocycles. The Balaban J connectivity index is 2.45. The minimum absolute atomic E-state index is 0.0542. The monoisotopic (exact) mass is 269 g/mol. The Kier molecular flexibility index (Phi) is 7.43. The molecular weight excluding hydrogens is 246 g/mol. The third-order valence-electron chi connectivity index (χ3n) is 3.05. The summed E-state index contributed by atoms with van der Waals surface area (Å²) < 4.78 is 5.07. The predicted octanol–water partition coefficient (Wildman–Crippen LogP) is 0.405. The maximum Gasteiger partial charge on any atom is 0.118 e. The highest BCUT2D eigenvalue weighted by Gasteiger charge is 2.10. The molecule has 0 saturated carbocycles. The highest BCUT2D eigenvalue weighted by molar-refractivity contribution is 5.28. The number of aliphatic hydroxyl groups is 3. The van der Waals surface area contributed by atoms with Gasteiger partial charge in [0.2, 0.25) is 0 Å². The minimum Gasteiger partial charge on any atom is -0.497 e. The smallest absolute Gasteiger partial charge is 0.118 e. The van der Waals surface area contributed by atoms with Crippen molar-refractivity contribution in [3.8, 4) is 5.75 Å². The molecule has 3 N–H and O–H groups in total. The topological polar surface area (TPSA) is 73.2 Å². The second-order valence-electron chi connectivity index (χ2n) is 4.37. The van der Waals surface area contributed by atoms with Crippen molar-refractivity contribution in [1.29, 1.82) is 0 Å². The highest BCUT2D eigenvalue weighted by atomic mass is 16.5. The molecule has 5 nitrogen and oxygen atoms in total.